The number of unbranched alkanes of at least 4 members (excludes halogenated alkanes) is 1. The number of hydrogen-bond acceptors (Lipinski definition) is 7. The van der Waals surface area contributed by atoms with Crippen molar-refractivity contribution in [3.63, 3.8) is 0 Å². The zero-order valence-corrected chi connectivity index (χ0v) is 19.7. The number of nitrogens with zero attached hydrogens (tertiary/aromatic N) is 1. The lowest BCUT2D eigenvalue weighted by molar-refractivity contribution is -0.142. The van der Waals surface area contributed by atoms with Gasteiger partial charge in [0.05, 0.1) is 6.04 Å². The number of carbonyl (C=O) groups excluding carboxylic acids is 3. The molecule has 0 saturated heterocycles. The van der Waals surface area contributed by atoms with E-state index in [9.17, 15) is 24.3 Å². The topological polar surface area (TPSA) is 241 Å². The molecule has 0 rings (SSSR count). The van der Waals surface area contributed by atoms with E-state index in [2.05, 4.69) is 20.9 Å². The minimum absolute atomic E-state index is 0.0482. The molecule has 0 heterocycles. The van der Waals surface area contributed by atoms with E-state index in [0.29, 0.717) is 38.8 Å². The summed E-state index contributed by atoms with van der Waals surface area (Å²) in [6, 6.07) is -3.89. The molecule has 0 radical (unpaired) electrons. The summed E-state index contributed by atoms with van der Waals surface area (Å²) >= 11 is 0. The number of nitrogens with one attached hydrogen (secondary N) is 3. The summed E-state index contributed by atoms with van der Waals surface area (Å²) < 4.78 is 0. The summed E-state index contributed by atoms with van der Waals surface area (Å²) in [6.07, 6.45) is 2.21. The van der Waals surface area contributed by atoms with Gasteiger partial charge in [-0.3, -0.25) is 19.4 Å². The van der Waals surface area contributed by atoms with Crippen LogP contribution in [0.1, 0.15) is 52.9 Å². The van der Waals surface area contributed by atoms with Crippen molar-refractivity contribution in [1.29, 1.82) is 0 Å². The normalized spacial score (nSPS) is 14.5. The monoisotopic (exact) mass is 472 g/mol. The molecule has 4 unspecified atom stereocenters. The molecule has 0 aliphatic rings. The molecule has 0 aliphatic carbocycles. The number of carboxylic acid groups (broad SMARTS) is 1. The fraction of sp³-hybridized carbons (Fsp3) is 0.750. The number of guanidine groups is 1. The van der Waals surface area contributed by atoms with Crippen molar-refractivity contribution in [3.05, 3.63) is 0 Å². The van der Waals surface area contributed by atoms with Gasteiger partial charge in [-0.15, -0.1) is 0 Å². The zero-order valence-electron chi connectivity index (χ0n) is 19.7. The van der Waals surface area contributed by atoms with E-state index in [1.54, 1.807) is 13.8 Å². The molecule has 0 fully saturated rings. The van der Waals surface area contributed by atoms with Crippen molar-refractivity contribution in [3.8, 4) is 0 Å². The molecule has 0 bridgehead atoms. The van der Waals surface area contributed by atoms with E-state index in [4.69, 9.17) is 22.9 Å². The molecule has 13 heteroatoms. The molecular formula is C20H40N8O5. The first-order valence-electron chi connectivity index (χ1n) is 11.1. The van der Waals surface area contributed by atoms with E-state index < -0.39 is 47.9 Å². The van der Waals surface area contributed by atoms with Crippen LogP contribution in [0.15, 0.2) is 4.99 Å². The predicted octanol–water partition coefficient (Wildman–Crippen LogP) is -2.29. The first-order valence-corrected chi connectivity index (χ1v) is 11.1. The van der Waals surface area contributed by atoms with Crippen LogP contribution in [0, 0.1) is 5.92 Å². The highest BCUT2D eigenvalue weighted by Gasteiger charge is 2.29. The largest absolute Gasteiger partial charge is 0.480 e. The standard InChI is InChI=1S/C20H40N8O5/c1-11(2)15(28-17(30)13(22)7-6-10-25-20(23)24)18(31)26-12(3)16(29)27-14(19(32)33)8-4-5-9-21/h11-15H,4-10,21-22H2,1-3H3,(H,26,31)(H,27,29)(H,28,30)(H,32,33)(H4,23,24,25). The SMILES string of the molecule is CC(NC(=O)C(NC(=O)C(N)CCCN=C(N)N)C(C)C)C(=O)NC(CCCCN)C(=O)O. The molecule has 33 heavy (non-hydrogen) atoms. The van der Waals surface area contributed by atoms with Crippen LogP contribution < -0.4 is 38.9 Å². The molecule has 0 aliphatic heterocycles. The highest BCUT2D eigenvalue weighted by atomic mass is 16.4. The second-order valence-corrected chi connectivity index (χ2v) is 8.20. The van der Waals surface area contributed by atoms with Crippen molar-refractivity contribution >= 4 is 29.7 Å². The van der Waals surface area contributed by atoms with Crippen molar-refractivity contribution < 1.29 is 24.3 Å². The van der Waals surface area contributed by atoms with Gasteiger partial charge in [0.1, 0.15) is 18.1 Å². The number of rotatable bonds is 16. The van der Waals surface area contributed by atoms with Crippen LogP contribution >= 0.6 is 0 Å². The van der Waals surface area contributed by atoms with Gasteiger partial charge in [0.15, 0.2) is 5.96 Å². The first kappa shape index (κ1) is 30.1. The van der Waals surface area contributed by atoms with E-state index in [1.165, 1.54) is 6.92 Å². The van der Waals surface area contributed by atoms with Gasteiger partial charge >= 0.3 is 5.97 Å². The molecule has 13 nitrogen and oxygen atoms in total. The average Bonchev–Trinajstić information content (AvgIpc) is 2.73. The van der Waals surface area contributed by atoms with Crippen molar-refractivity contribution in [2.45, 2.75) is 77.0 Å². The highest BCUT2D eigenvalue weighted by Crippen LogP contribution is 2.05. The minimum Gasteiger partial charge on any atom is -0.480 e. The lowest BCUT2D eigenvalue weighted by atomic mass is 10.0. The molecule has 0 spiro atoms. The third-order valence-electron chi connectivity index (χ3n) is 4.86. The Labute approximate surface area is 194 Å². The maximum Gasteiger partial charge on any atom is 0.326 e. The van der Waals surface area contributed by atoms with Gasteiger partial charge in [0.25, 0.3) is 0 Å². The summed E-state index contributed by atoms with van der Waals surface area (Å²) in [6.45, 7) is 5.65. The van der Waals surface area contributed by atoms with Gasteiger partial charge < -0.3 is 44.0 Å². The molecule has 4 atom stereocenters. The summed E-state index contributed by atoms with van der Waals surface area (Å²) in [7, 11) is 0. The predicted molar refractivity (Wildman–Crippen MR) is 125 cm³/mol. The molecule has 12 N–H and O–H groups in total. The van der Waals surface area contributed by atoms with Gasteiger partial charge in [-0.05, 0) is 51.5 Å². The Kier molecular flexibility index (Phi) is 14.4. The molecular weight excluding hydrogens is 432 g/mol. The van der Waals surface area contributed by atoms with Crippen LogP contribution in [0.4, 0.5) is 0 Å². The van der Waals surface area contributed by atoms with Gasteiger partial charge in [-0.25, -0.2) is 4.79 Å². The number of aliphatic carboxylic acids is 1. The van der Waals surface area contributed by atoms with Crippen LogP contribution in [0.2, 0.25) is 0 Å². The fourth-order valence-corrected chi connectivity index (χ4v) is 2.86. The second-order valence-electron chi connectivity index (χ2n) is 8.20. The Morgan fingerprint density at radius 3 is 2.03 bits per heavy atom. The molecule has 0 aromatic heterocycles. The van der Waals surface area contributed by atoms with Gasteiger partial charge in [-0.2, -0.15) is 0 Å². The van der Waals surface area contributed by atoms with Crippen LogP contribution in [-0.2, 0) is 19.2 Å². The average molecular weight is 473 g/mol. The molecule has 0 aromatic rings. The summed E-state index contributed by atoms with van der Waals surface area (Å²) in [5, 5.41) is 16.8. The Bertz CT molecular complexity index is 681. The van der Waals surface area contributed by atoms with Crippen LogP contribution in [0.3, 0.4) is 0 Å². The zero-order chi connectivity index (χ0) is 25.6. The maximum atomic E-state index is 12.7. The maximum absolute atomic E-state index is 12.7. The Hall–Kier alpha value is -2.93. The minimum atomic E-state index is -1.17. The smallest absolute Gasteiger partial charge is 0.326 e. The van der Waals surface area contributed by atoms with Gasteiger partial charge in [0.2, 0.25) is 17.7 Å². The van der Waals surface area contributed by atoms with E-state index in [1.807, 2.05) is 0 Å². The number of nitrogens with two attached hydrogens (primary N) is 4. The van der Waals surface area contributed by atoms with Crippen LogP contribution in [0.25, 0.3) is 0 Å². The lowest BCUT2D eigenvalue weighted by Crippen LogP contribution is -2.57. The van der Waals surface area contributed by atoms with Crippen LogP contribution in [0.5, 0.6) is 0 Å². The third kappa shape index (κ3) is 12.6. The fourth-order valence-electron chi connectivity index (χ4n) is 2.86. The van der Waals surface area contributed by atoms with Crippen molar-refractivity contribution in [2.75, 3.05) is 13.1 Å². The van der Waals surface area contributed by atoms with Gasteiger partial charge in [0, 0.05) is 6.54 Å². The Balaban J connectivity index is 4.86. The van der Waals surface area contributed by atoms with Crippen molar-refractivity contribution in [1.82, 2.24) is 16.0 Å². The van der Waals surface area contributed by atoms with Crippen molar-refractivity contribution in [2.24, 2.45) is 33.8 Å². The number of carboxylic acids is 1. The molecule has 190 valence electrons. The van der Waals surface area contributed by atoms with E-state index in [0.717, 1.165) is 0 Å². The highest BCUT2D eigenvalue weighted by molar-refractivity contribution is 5.94. The first-order chi connectivity index (χ1) is 15.4. The third-order valence-corrected chi connectivity index (χ3v) is 4.86. The van der Waals surface area contributed by atoms with E-state index >= 15 is 0 Å². The number of hydrogen-bond donors (Lipinski definition) is 8. The molecule has 0 saturated carbocycles. The Morgan fingerprint density at radius 2 is 1.52 bits per heavy atom. The second kappa shape index (κ2) is 15.8. The summed E-state index contributed by atoms with van der Waals surface area (Å²) in [5.41, 5.74) is 21.8. The number of aliphatic imine (C=N–C) groups is 1. The number of carbonyl (C=O) groups is 4. The van der Waals surface area contributed by atoms with Crippen LogP contribution in [-0.4, -0.2) is 72.0 Å². The summed E-state index contributed by atoms with van der Waals surface area (Å²) in [5.74, 6) is -3.25. The Morgan fingerprint density at radius 1 is 0.879 bits per heavy atom. The molecule has 0 aromatic carbocycles. The number of amides is 3. The quantitative estimate of drug-likeness (QED) is 0.0683. The summed E-state index contributed by atoms with van der Waals surface area (Å²) in [4.78, 5) is 52.7. The molecule has 3 amide bonds. The lowest BCUT2D eigenvalue weighted by Gasteiger charge is -2.25. The van der Waals surface area contributed by atoms with E-state index in [-0.39, 0.29) is 18.3 Å². The van der Waals surface area contributed by atoms with Gasteiger partial charge in [-0.1, -0.05) is 13.8 Å².